The summed E-state index contributed by atoms with van der Waals surface area (Å²) in [7, 11) is 0. The summed E-state index contributed by atoms with van der Waals surface area (Å²) in [5.41, 5.74) is 0. The SMILES string of the molecule is O=C=NCC(N=C=O)C(=O)O. The molecule has 11 heavy (non-hydrogen) atoms. The zero-order valence-electron chi connectivity index (χ0n) is 5.35. The van der Waals surface area contributed by atoms with Gasteiger partial charge in [0.05, 0.1) is 6.54 Å². The highest BCUT2D eigenvalue weighted by molar-refractivity contribution is 5.75. The van der Waals surface area contributed by atoms with Crippen molar-refractivity contribution in [2.45, 2.75) is 6.04 Å². The lowest BCUT2D eigenvalue weighted by Crippen LogP contribution is -2.20. The average Bonchev–Trinajstić information content (AvgIpc) is 1.97. The molecule has 1 unspecified atom stereocenters. The molecule has 6 heteroatoms. The van der Waals surface area contributed by atoms with E-state index in [-0.39, 0.29) is 6.54 Å². The molecule has 0 fully saturated rings. The van der Waals surface area contributed by atoms with E-state index in [1.54, 1.807) is 0 Å². The van der Waals surface area contributed by atoms with Crippen LogP contribution in [0.4, 0.5) is 0 Å². The van der Waals surface area contributed by atoms with Gasteiger partial charge in [-0.1, -0.05) is 0 Å². The molecule has 0 heterocycles. The van der Waals surface area contributed by atoms with E-state index in [1.165, 1.54) is 0 Å². The first-order valence-electron chi connectivity index (χ1n) is 2.55. The second kappa shape index (κ2) is 5.05. The third kappa shape index (κ3) is 3.75. The quantitative estimate of drug-likeness (QED) is 0.421. The summed E-state index contributed by atoms with van der Waals surface area (Å²) >= 11 is 0. The van der Waals surface area contributed by atoms with Crippen LogP contribution in [0.5, 0.6) is 0 Å². The number of carbonyl (C=O) groups is 1. The first kappa shape index (κ1) is 9.23. The van der Waals surface area contributed by atoms with Crippen LogP contribution in [-0.4, -0.2) is 35.8 Å². The molecular formula is C5H4N2O4. The molecule has 0 aliphatic rings. The highest BCUT2D eigenvalue weighted by Crippen LogP contribution is 1.89. The van der Waals surface area contributed by atoms with Gasteiger partial charge < -0.3 is 5.11 Å². The highest BCUT2D eigenvalue weighted by atomic mass is 16.4. The number of isocyanates is 2. The Morgan fingerprint density at radius 1 is 1.45 bits per heavy atom. The first-order chi connectivity index (χ1) is 5.22. The number of carboxylic acid groups (broad SMARTS) is 1. The van der Waals surface area contributed by atoms with Gasteiger partial charge in [0.2, 0.25) is 12.2 Å². The summed E-state index contributed by atoms with van der Waals surface area (Å²) in [5.74, 6) is -1.33. The number of hydrogen-bond donors (Lipinski definition) is 1. The van der Waals surface area contributed by atoms with E-state index < -0.39 is 12.0 Å². The van der Waals surface area contributed by atoms with Crippen LogP contribution in [-0.2, 0) is 14.4 Å². The molecule has 0 aliphatic heterocycles. The van der Waals surface area contributed by atoms with Crippen molar-refractivity contribution in [2.75, 3.05) is 6.54 Å². The van der Waals surface area contributed by atoms with Gasteiger partial charge in [0.25, 0.3) is 0 Å². The molecule has 0 saturated carbocycles. The van der Waals surface area contributed by atoms with E-state index in [0.717, 1.165) is 12.2 Å². The number of aliphatic imine (C=N–C) groups is 2. The maximum absolute atomic E-state index is 10.1. The normalized spacial score (nSPS) is 10.5. The van der Waals surface area contributed by atoms with Crippen LogP contribution >= 0.6 is 0 Å². The predicted molar refractivity (Wildman–Crippen MR) is 32.5 cm³/mol. The monoisotopic (exact) mass is 156 g/mol. The molecule has 6 nitrogen and oxygen atoms in total. The topological polar surface area (TPSA) is 96.2 Å². The Balaban J connectivity index is 4.21. The Kier molecular flexibility index (Phi) is 4.24. The summed E-state index contributed by atoms with van der Waals surface area (Å²) in [5, 5.41) is 8.27. The molecule has 1 N–H and O–H groups in total. The van der Waals surface area contributed by atoms with E-state index in [2.05, 4.69) is 9.98 Å². The molecule has 0 bridgehead atoms. The van der Waals surface area contributed by atoms with Crippen LogP contribution in [0, 0.1) is 0 Å². The lowest BCUT2D eigenvalue weighted by molar-refractivity contribution is -0.138. The number of hydrogen-bond acceptors (Lipinski definition) is 5. The van der Waals surface area contributed by atoms with Crippen molar-refractivity contribution in [1.29, 1.82) is 0 Å². The molecule has 0 aliphatic carbocycles. The summed E-state index contributed by atoms with van der Waals surface area (Å²) < 4.78 is 0. The van der Waals surface area contributed by atoms with E-state index in [0.29, 0.717) is 0 Å². The smallest absolute Gasteiger partial charge is 0.331 e. The minimum absolute atomic E-state index is 0.381. The van der Waals surface area contributed by atoms with Gasteiger partial charge in [-0.25, -0.2) is 19.4 Å². The van der Waals surface area contributed by atoms with Crippen LogP contribution in [0.15, 0.2) is 9.98 Å². The molecule has 0 aromatic rings. The number of rotatable bonds is 4. The van der Waals surface area contributed by atoms with Crippen molar-refractivity contribution >= 4 is 18.1 Å². The van der Waals surface area contributed by atoms with Gasteiger partial charge in [0, 0.05) is 0 Å². The minimum Gasteiger partial charge on any atom is -0.480 e. The molecule has 0 spiro atoms. The fourth-order valence-electron chi connectivity index (χ4n) is 0.361. The fourth-order valence-corrected chi connectivity index (χ4v) is 0.361. The summed E-state index contributed by atoms with van der Waals surface area (Å²) in [6.45, 7) is -0.381. The van der Waals surface area contributed by atoms with Crippen molar-refractivity contribution in [3.05, 3.63) is 0 Å². The fraction of sp³-hybridized carbons (Fsp3) is 0.400. The molecule has 58 valence electrons. The van der Waals surface area contributed by atoms with Crippen molar-refractivity contribution in [2.24, 2.45) is 9.98 Å². The Morgan fingerprint density at radius 3 is 2.45 bits per heavy atom. The van der Waals surface area contributed by atoms with Crippen molar-refractivity contribution in [1.82, 2.24) is 0 Å². The molecule has 0 saturated heterocycles. The molecule has 0 aromatic carbocycles. The van der Waals surface area contributed by atoms with Gasteiger partial charge in [-0.2, -0.15) is 4.99 Å². The van der Waals surface area contributed by atoms with E-state index in [9.17, 15) is 14.4 Å². The number of carbonyl (C=O) groups excluding carboxylic acids is 2. The van der Waals surface area contributed by atoms with Gasteiger partial charge in [0.1, 0.15) is 0 Å². The zero-order chi connectivity index (χ0) is 8.69. The van der Waals surface area contributed by atoms with Gasteiger partial charge in [0.15, 0.2) is 6.04 Å². The zero-order valence-corrected chi connectivity index (χ0v) is 5.35. The number of carboxylic acids is 1. The third-order valence-electron chi connectivity index (χ3n) is 0.822. The molecular weight excluding hydrogens is 152 g/mol. The van der Waals surface area contributed by atoms with Crippen LogP contribution < -0.4 is 0 Å². The number of aliphatic carboxylic acids is 1. The highest BCUT2D eigenvalue weighted by Gasteiger charge is 2.14. The largest absolute Gasteiger partial charge is 0.480 e. The molecule has 1 atom stereocenters. The summed E-state index contributed by atoms with van der Waals surface area (Å²) in [6, 6.07) is -1.33. The summed E-state index contributed by atoms with van der Waals surface area (Å²) in [6.07, 6.45) is 2.20. The van der Waals surface area contributed by atoms with Crippen molar-refractivity contribution in [3.8, 4) is 0 Å². The Labute approximate surface area is 61.3 Å². The van der Waals surface area contributed by atoms with Gasteiger partial charge in [-0.15, -0.1) is 0 Å². The maximum atomic E-state index is 10.1. The molecule has 0 amide bonds. The van der Waals surface area contributed by atoms with Gasteiger partial charge in [-0.05, 0) is 0 Å². The molecule has 0 radical (unpaired) electrons. The van der Waals surface area contributed by atoms with Crippen LogP contribution in [0.3, 0.4) is 0 Å². The Morgan fingerprint density at radius 2 is 2.09 bits per heavy atom. The second-order valence-corrected chi connectivity index (χ2v) is 1.51. The summed E-state index contributed by atoms with van der Waals surface area (Å²) in [4.78, 5) is 35.1. The molecule has 0 aromatic heterocycles. The number of nitrogens with zero attached hydrogens (tertiary/aromatic N) is 2. The van der Waals surface area contributed by atoms with E-state index in [4.69, 9.17) is 5.11 Å². The maximum Gasteiger partial charge on any atom is 0.331 e. The van der Waals surface area contributed by atoms with E-state index >= 15 is 0 Å². The van der Waals surface area contributed by atoms with Crippen LogP contribution in [0.2, 0.25) is 0 Å². The Hall–Kier alpha value is -1.77. The molecule has 0 rings (SSSR count). The van der Waals surface area contributed by atoms with E-state index in [1.807, 2.05) is 0 Å². The first-order valence-corrected chi connectivity index (χ1v) is 2.55. The predicted octanol–water partition coefficient (Wildman–Crippen LogP) is -0.889. The van der Waals surface area contributed by atoms with Crippen molar-refractivity contribution < 1.29 is 19.5 Å². The lowest BCUT2D eigenvalue weighted by atomic mass is 10.3. The Bertz CT molecular complexity index is 235. The average molecular weight is 156 g/mol. The van der Waals surface area contributed by atoms with Gasteiger partial charge >= 0.3 is 5.97 Å². The minimum atomic E-state index is -1.33. The lowest BCUT2D eigenvalue weighted by Gasteiger charge is -1.96. The van der Waals surface area contributed by atoms with Gasteiger partial charge in [-0.3, -0.25) is 0 Å². The van der Waals surface area contributed by atoms with Crippen LogP contribution in [0.25, 0.3) is 0 Å². The standard InChI is InChI=1S/C5H4N2O4/c8-2-6-1-4(5(10)11)7-3-9/h4H,1H2,(H,10,11). The van der Waals surface area contributed by atoms with Crippen molar-refractivity contribution in [3.63, 3.8) is 0 Å². The second-order valence-electron chi connectivity index (χ2n) is 1.51. The third-order valence-corrected chi connectivity index (χ3v) is 0.822. The van der Waals surface area contributed by atoms with Crippen LogP contribution in [0.1, 0.15) is 0 Å².